The zero-order chi connectivity index (χ0) is 18.8. The summed E-state index contributed by atoms with van der Waals surface area (Å²) >= 11 is 7.25. The van der Waals surface area contributed by atoms with Crippen molar-refractivity contribution in [3.8, 4) is 11.5 Å². The number of carbonyl (C=O) groups is 1. The van der Waals surface area contributed by atoms with Gasteiger partial charge in [0.2, 0.25) is 5.91 Å². The summed E-state index contributed by atoms with van der Waals surface area (Å²) in [7, 11) is 0. The van der Waals surface area contributed by atoms with Gasteiger partial charge in [-0.05, 0) is 61.9 Å². The lowest BCUT2D eigenvalue weighted by Crippen LogP contribution is -2.19. The van der Waals surface area contributed by atoms with Crippen molar-refractivity contribution in [3.05, 3.63) is 53.1 Å². The molecular formula is C19H21ClN2O3S. The molecule has 0 unspecified atom stereocenters. The number of carbonyl (C=O) groups excluding carboxylic acids is 1. The highest BCUT2D eigenvalue weighted by atomic mass is 35.5. The lowest BCUT2D eigenvalue weighted by Gasteiger charge is -2.11. The zero-order valence-electron chi connectivity index (χ0n) is 14.7. The van der Waals surface area contributed by atoms with Crippen LogP contribution in [-0.2, 0) is 4.79 Å². The Bertz CT molecular complexity index is 751. The number of nitrogens with one attached hydrogen (secondary N) is 1. The second kappa shape index (κ2) is 10.7. The highest BCUT2D eigenvalue weighted by Gasteiger charge is 2.05. The minimum absolute atomic E-state index is 0.183. The number of amides is 1. The first-order valence-corrected chi connectivity index (χ1v) is 9.58. The number of thioether (sulfide) groups is 1. The van der Waals surface area contributed by atoms with E-state index in [4.69, 9.17) is 21.1 Å². The van der Waals surface area contributed by atoms with Gasteiger partial charge in [-0.2, -0.15) is 5.10 Å². The Morgan fingerprint density at radius 2 is 1.81 bits per heavy atom. The third-order valence-electron chi connectivity index (χ3n) is 3.15. The maximum atomic E-state index is 11.9. The van der Waals surface area contributed by atoms with Gasteiger partial charge in [-0.3, -0.25) is 4.79 Å². The van der Waals surface area contributed by atoms with Crippen LogP contribution in [0.3, 0.4) is 0 Å². The predicted molar refractivity (Wildman–Crippen MR) is 107 cm³/mol. The molecule has 0 fully saturated rings. The lowest BCUT2D eigenvalue weighted by molar-refractivity contribution is -0.118. The number of hydrazone groups is 1. The number of halogens is 1. The Morgan fingerprint density at radius 3 is 2.50 bits per heavy atom. The van der Waals surface area contributed by atoms with E-state index in [1.165, 1.54) is 11.8 Å². The van der Waals surface area contributed by atoms with E-state index in [1.54, 1.807) is 18.3 Å². The Hall–Kier alpha value is -2.18. The molecule has 2 rings (SSSR count). The van der Waals surface area contributed by atoms with Crippen LogP contribution in [0.2, 0.25) is 5.02 Å². The van der Waals surface area contributed by atoms with E-state index in [2.05, 4.69) is 10.5 Å². The van der Waals surface area contributed by atoms with Crippen molar-refractivity contribution in [1.29, 1.82) is 0 Å². The highest BCUT2D eigenvalue weighted by molar-refractivity contribution is 8.00. The van der Waals surface area contributed by atoms with Gasteiger partial charge in [-0.25, -0.2) is 5.43 Å². The molecular weight excluding hydrogens is 372 g/mol. The van der Waals surface area contributed by atoms with E-state index >= 15 is 0 Å². The summed E-state index contributed by atoms with van der Waals surface area (Å²) in [6.07, 6.45) is 1.57. The first kappa shape index (κ1) is 20.1. The molecule has 0 aliphatic rings. The molecule has 7 heteroatoms. The number of benzene rings is 2. The Kier molecular flexibility index (Phi) is 8.31. The Balaban J connectivity index is 1.87. The van der Waals surface area contributed by atoms with Gasteiger partial charge in [-0.1, -0.05) is 11.6 Å². The van der Waals surface area contributed by atoms with Gasteiger partial charge in [0.15, 0.2) is 11.5 Å². The van der Waals surface area contributed by atoms with Crippen LogP contribution in [0.4, 0.5) is 0 Å². The van der Waals surface area contributed by atoms with E-state index in [9.17, 15) is 4.79 Å². The summed E-state index contributed by atoms with van der Waals surface area (Å²) in [5.41, 5.74) is 3.32. The van der Waals surface area contributed by atoms with Crippen LogP contribution in [-0.4, -0.2) is 31.1 Å². The molecule has 0 aliphatic heterocycles. The van der Waals surface area contributed by atoms with E-state index < -0.39 is 0 Å². The second-order valence-electron chi connectivity index (χ2n) is 5.11. The molecule has 0 radical (unpaired) electrons. The Labute approximate surface area is 162 Å². The molecule has 0 saturated heterocycles. The number of ether oxygens (including phenoxy) is 2. The number of hydrogen-bond acceptors (Lipinski definition) is 5. The van der Waals surface area contributed by atoms with Crippen molar-refractivity contribution in [2.24, 2.45) is 5.10 Å². The standard InChI is InChI=1S/C19H21ClN2O3S/c1-3-24-17-10-5-14(11-18(17)25-4-2)12-21-22-19(23)13-26-16-8-6-15(20)7-9-16/h5-12H,3-4,13H2,1-2H3,(H,22,23)/b21-12+. The minimum Gasteiger partial charge on any atom is -0.490 e. The molecule has 26 heavy (non-hydrogen) atoms. The maximum Gasteiger partial charge on any atom is 0.250 e. The summed E-state index contributed by atoms with van der Waals surface area (Å²) in [5, 5.41) is 4.66. The van der Waals surface area contributed by atoms with E-state index in [0.29, 0.717) is 29.7 Å². The van der Waals surface area contributed by atoms with Crippen LogP contribution in [0.1, 0.15) is 19.4 Å². The van der Waals surface area contributed by atoms with Crippen LogP contribution in [0, 0.1) is 0 Å². The monoisotopic (exact) mass is 392 g/mol. The lowest BCUT2D eigenvalue weighted by atomic mass is 10.2. The number of hydrogen-bond donors (Lipinski definition) is 1. The predicted octanol–water partition coefficient (Wildman–Crippen LogP) is 4.38. The van der Waals surface area contributed by atoms with Crippen LogP contribution >= 0.6 is 23.4 Å². The van der Waals surface area contributed by atoms with Crippen molar-refractivity contribution in [2.75, 3.05) is 19.0 Å². The zero-order valence-corrected chi connectivity index (χ0v) is 16.3. The van der Waals surface area contributed by atoms with Gasteiger partial charge in [0.1, 0.15) is 0 Å². The average molecular weight is 393 g/mol. The van der Waals surface area contributed by atoms with Gasteiger partial charge < -0.3 is 9.47 Å². The van der Waals surface area contributed by atoms with Crippen molar-refractivity contribution in [1.82, 2.24) is 5.43 Å². The fourth-order valence-electron chi connectivity index (χ4n) is 2.04. The molecule has 0 aliphatic carbocycles. The molecule has 138 valence electrons. The SMILES string of the molecule is CCOc1ccc(/C=N/NC(=O)CSc2ccc(Cl)cc2)cc1OCC. The second-order valence-corrected chi connectivity index (χ2v) is 6.59. The van der Waals surface area contributed by atoms with E-state index in [1.807, 2.05) is 44.2 Å². The summed E-state index contributed by atoms with van der Waals surface area (Å²) in [5.74, 6) is 1.43. The van der Waals surface area contributed by atoms with Gasteiger partial charge in [0, 0.05) is 9.92 Å². The molecule has 0 atom stereocenters. The molecule has 0 heterocycles. The molecule has 2 aromatic carbocycles. The van der Waals surface area contributed by atoms with Gasteiger partial charge >= 0.3 is 0 Å². The molecule has 0 aromatic heterocycles. The third-order valence-corrected chi connectivity index (χ3v) is 4.42. The molecule has 5 nitrogen and oxygen atoms in total. The number of rotatable bonds is 9. The molecule has 1 N–H and O–H groups in total. The van der Waals surface area contributed by atoms with Crippen molar-refractivity contribution >= 4 is 35.5 Å². The summed E-state index contributed by atoms with van der Waals surface area (Å²) < 4.78 is 11.1. The summed E-state index contributed by atoms with van der Waals surface area (Å²) in [6, 6.07) is 12.8. The molecule has 1 amide bonds. The smallest absolute Gasteiger partial charge is 0.250 e. The highest BCUT2D eigenvalue weighted by Crippen LogP contribution is 2.28. The topological polar surface area (TPSA) is 59.9 Å². The molecule has 0 spiro atoms. The van der Waals surface area contributed by atoms with Crippen molar-refractivity contribution in [2.45, 2.75) is 18.7 Å². The minimum atomic E-state index is -0.183. The summed E-state index contributed by atoms with van der Waals surface area (Å²) in [6.45, 7) is 4.94. The molecule has 2 aromatic rings. The maximum absolute atomic E-state index is 11.9. The van der Waals surface area contributed by atoms with Gasteiger partial charge in [0.05, 0.1) is 25.2 Å². The third kappa shape index (κ3) is 6.61. The van der Waals surface area contributed by atoms with Crippen LogP contribution in [0.15, 0.2) is 52.5 Å². The molecule has 0 saturated carbocycles. The fraction of sp³-hybridized carbons (Fsp3) is 0.263. The first-order chi connectivity index (χ1) is 12.6. The van der Waals surface area contributed by atoms with Crippen LogP contribution < -0.4 is 14.9 Å². The summed E-state index contributed by atoms with van der Waals surface area (Å²) in [4.78, 5) is 12.8. The van der Waals surface area contributed by atoms with E-state index in [-0.39, 0.29) is 11.7 Å². The molecule has 0 bridgehead atoms. The van der Waals surface area contributed by atoms with Crippen molar-refractivity contribution < 1.29 is 14.3 Å². The quantitative estimate of drug-likeness (QED) is 0.391. The van der Waals surface area contributed by atoms with Crippen LogP contribution in [0.5, 0.6) is 11.5 Å². The first-order valence-electron chi connectivity index (χ1n) is 8.22. The van der Waals surface area contributed by atoms with Crippen molar-refractivity contribution in [3.63, 3.8) is 0 Å². The van der Waals surface area contributed by atoms with Gasteiger partial charge in [-0.15, -0.1) is 11.8 Å². The fourth-order valence-corrected chi connectivity index (χ4v) is 2.86. The number of nitrogens with zero attached hydrogens (tertiary/aromatic N) is 1. The normalized spacial score (nSPS) is 10.7. The average Bonchev–Trinajstić information content (AvgIpc) is 2.64. The van der Waals surface area contributed by atoms with Gasteiger partial charge in [0.25, 0.3) is 0 Å². The van der Waals surface area contributed by atoms with Crippen LogP contribution in [0.25, 0.3) is 0 Å². The Morgan fingerprint density at radius 1 is 1.12 bits per heavy atom. The van der Waals surface area contributed by atoms with E-state index in [0.717, 1.165) is 10.5 Å². The largest absolute Gasteiger partial charge is 0.490 e.